The Morgan fingerprint density at radius 1 is 1.53 bits per heavy atom. The molecular weight excluding hydrogens is 274 g/mol. The van der Waals surface area contributed by atoms with Crippen molar-refractivity contribution in [3.8, 4) is 5.69 Å². The van der Waals surface area contributed by atoms with Crippen LogP contribution < -0.4 is 0 Å². The second kappa shape index (κ2) is 4.69. The van der Waals surface area contributed by atoms with Gasteiger partial charge in [-0.1, -0.05) is 11.6 Å². The summed E-state index contributed by atoms with van der Waals surface area (Å²) >= 11 is 5.82. The van der Waals surface area contributed by atoms with Gasteiger partial charge in [-0.2, -0.15) is 5.10 Å². The van der Waals surface area contributed by atoms with E-state index in [-0.39, 0.29) is 16.3 Å². The molecule has 7 nitrogen and oxygen atoms in total. The molecule has 0 aliphatic rings. The zero-order chi connectivity index (χ0) is 14.2. The van der Waals surface area contributed by atoms with Crippen molar-refractivity contribution >= 4 is 23.3 Å². The fourth-order valence-corrected chi connectivity index (χ4v) is 1.83. The fraction of sp³-hybridized carbons (Fsp3) is 0.0909. The number of aryl methyl sites for hydroxylation is 1. The smallest absolute Gasteiger partial charge is 0.338 e. The minimum atomic E-state index is -1.10. The molecule has 1 aromatic heterocycles. The lowest BCUT2D eigenvalue weighted by molar-refractivity contribution is -0.384. The highest BCUT2D eigenvalue weighted by Gasteiger charge is 2.17. The average Bonchev–Trinajstić information content (AvgIpc) is 2.80. The molecule has 2 aromatic rings. The molecule has 0 aliphatic carbocycles. The summed E-state index contributed by atoms with van der Waals surface area (Å²) in [7, 11) is 0. The largest absolute Gasteiger partial charge is 0.478 e. The molecule has 0 amide bonds. The van der Waals surface area contributed by atoms with Gasteiger partial charge < -0.3 is 5.11 Å². The third-order valence-corrected chi connectivity index (χ3v) is 2.84. The maximum Gasteiger partial charge on any atom is 0.338 e. The number of hydrogen-bond acceptors (Lipinski definition) is 4. The van der Waals surface area contributed by atoms with Gasteiger partial charge in [0.2, 0.25) is 0 Å². The highest BCUT2D eigenvalue weighted by atomic mass is 35.5. The van der Waals surface area contributed by atoms with Crippen LogP contribution in [0.3, 0.4) is 0 Å². The van der Waals surface area contributed by atoms with E-state index in [0.717, 1.165) is 0 Å². The molecule has 0 saturated heterocycles. The van der Waals surface area contributed by atoms with Gasteiger partial charge in [-0.15, -0.1) is 0 Å². The van der Waals surface area contributed by atoms with E-state index in [0.29, 0.717) is 11.3 Å². The molecule has 0 saturated carbocycles. The van der Waals surface area contributed by atoms with Gasteiger partial charge in [-0.05, 0) is 18.6 Å². The third kappa shape index (κ3) is 2.41. The molecule has 8 heteroatoms. The van der Waals surface area contributed by atoms with Crippen molar-refractivity contribution in [3.05, 3.63) is 50.8 Å². The molecule has 19 heavy (non-hydrogen) atoms. The Bertz CT molecular complexity index is 681. The molecule has 98 valence electrons. The predicted molar refractivity (Wildman–Crippen MR) is 66.9 cm³/mol. The second-order valence-corrected chi connectivity index (χ2v) is 4.23. The van der Waals surface area contributed by atoms with Gasteiger partial charge in [0, 0.05) is 12.3 Å². The van der Waals surface area contributed by atoms with Crippen LogP contribution in [0.1, 0.15) is 15.9 Å². The molecule has 0 fully saturated rings. The summed E-state index contributed by atoms with van der Waals surface area (Å²) < 4.78 is 1.31. The number of hydrogen-bond donors (Lipinski definition) is 1. The number of nitrogens with zero attached hydrogens (tertiary/aromatic N) is 3. The molecule has 1 aromatic carbocycles. The summed E-state index contributed by atoms with van der Waals surface area (Å²) in [6.07, 6.45) is 2.50. The summed E-state index contributed by atoms with van der Waals surface area (Å²) in [5.41, 5.74) is 0.877. The molecule has 0 unspecified atom stereocenters. The van der Waals surface area contributed by atoms with Crippen molar-refractivity contribution in [1.82, 2.24) is 9.78 Å². The minimum Gasteiger partial charge on any atom is -0.478 e. The molecular formula is C11H8ClN3O4. The van der Waals surface area contributed by atoms with Crippen LogP contribution in [-0.2, 0) is 0 Å². The number of benzene rings is 1. The highest BCUT2D eigenvalue weighted by molar-refractivity contribution is 6.32. The van der Waals surface area contributed by atoms with Gasteiger partial charge >= 0.3 is 5.97 Å². The summed E-state index contributed by atoms with van der Waals surface area (Å²) in [5.74, 6) is -1.10. The van der Waals surface area contributed by atoms with Crippen molar-refractivity contribution in [1.29, 1.82) is 0 Å². The monoisotopic (exact) mass is 281 g/mol. The van der Waals surface area contributed by atoms with Gasteiger partial charge in [0.1, 0.15) is 5.02 Å². The van der Waals surface area contributed by atoms with E-state index < -0.39 is 10.9 Å². The zero-order valence-corrected chi connectivity index (χ0v) is 10.5. The Labute approximate surface area is 112 Å². The summed E-state index contributed by atoms with van der Waals surface area (Å²) in [5, 5.41) is 23.4. The number of carboxylic acids is 1. The quantitative estimate of drug-likeness (QED) is 0.688. The van der Waals surface area contributed by atoms with Gasteiger partial charge in [0.05, 0.1) is 22.4 Å². The van der Waals surface area contributed by atoms with E-state index in [9.17, 15) is 14.9 Å². The van der Waals surface area contributed by atoms with Crippen LogP contribution in [0.15, 0.2) is 24.5 Å². The van der Waals surface area contributed by atoms with Crippen LogP contribution in [0.4, 0.5) is 5.69 Å². The number of aromatic carboxylic acids is 1. The first-order valence-electron chi connectivity index (χ1n) is 5.13. The van der Waals surface area contributed by atoms with Crippen molar-refractivity contribution in [3.63, 3.8) is 0 Å². The molecule has 0 atom stereocenters. The number of nitro groups is 1. The Kier molecular flexibility index (Phi) is 3.22. The third-order valence-electron chi connectivity index (χ3n) is 2.54. The van der Waals surface area contributed by atoms with Gasteiger partial charge in [-0.25, -0.2) is 9.48 Å². The summed E-state index contributed by atoms with van der Waals surface area (Å²) in [4.78, 5) is 20.9. The SMILES string of the molecule is Cc1cc([N+](=O)[O-])c(Cl)cc1-n1cc(C(=O)O)cn1. The first-order valence-corrected chi connectivity index (χ1v) is 5.51. The molecule has 1 N–H and O–H groups in total. The van der Waals surface area contributed by atoms with Crippen molar-refractivity contribution in [2.45, 2.75) is 6.92 Å². The highest BCUT2D eigenvalue weighted by Crippen LogP contribution is 2.29. The van der Waals surface area contributed by atoms with Crippen molar-refractivity contribution in [2.75, 3.05) is 0 Å². The standard InChI is InChI=1S/C11H8ClN3O4/c1-6-2-10(15(18)19)8(12)3-9(6)14-5-7(4-13-14)11(16)17/h2-5H,1H3,(H,16,17). The van der Waals surface area contributed by atoms with Crippen LogP contribution in [-0.4, -0.2) is 25.8 Å². The molecule has 0 radical (unpaired) electrons. The lowest BCUT2D eigenvalue weighted by Crippen LogP contribution is -2.00. The van der Waals surface area contributed by atoms with Gasteiger partial charge in [0.25, 0.3) is 5.69 Å². The van der Waals surface area contributed by atoms with Crippen LogP contribution in [0.25, 0.3) is 5.69 Å². The fourth-order valence-electron chi connectivity index (χ4n) is 1.61. The first-order chi connectivity index (χ1) is 8.90. The number of carboxylic acid groups (broad SMARTS) is 1. The van der Waals surface area contributed by atoms with Crippen LogP contribution in [0.5, 0.6) is 0 Å². The Morgan fingerprint density at radius 3 is 2.74 bits per heavy atom. The Morgan fingerprint density at radius 2 is 2.21 bits per heavy atom. The number of carbonyl (C=O) groups is 1. The molecule has 1 heterocycles. The van der Waals surface area contributed by atoms with Crippen LogP contribution in [0.2, 0.25) is 5.02 Å². The second-order valence-electron chi connectivity index (χ2n) is 3.83. The Balaban J connectivity index is 2.53. The molecule has 0 spiro atoms. The average molecular weight is 282 g/mol. The number of rotatable bonds is 3. The van der Waals surface area contributed by atoms with Gasteiger partial charge in [-0.3, -0.25) is 10.1 Å². The van der Waals surface area contributed by atoms with E-state index in [1.165, 1.54) is 29.2 Å². The van der Waals surface area contributed by atoms with E-state index in [4.69, 9.17) is 16.7 Å². The maximum atomic E-state index is 10.8. The zero-order valence-electron chi connectivity index (χ0n) is 9.70. The lowest BCUT2D eigenvalue weighted by Gasteiger charge is -2.06. The molecule has 0 bridgehead atoms. The topological polar surface area (TPSA) is 98.3 Å². The van der Waals surface area contributed by atoms with E-state index in [1.807, 2.05) is 0 Å². The predicted octanol–water partition coefficient (Wildman–Crippen LogP) is 2.44. The molecule has 0 aliphatic heterocycles. The normalized spacial score (nSPS) is 10.4. The van der Waals surface area contributed by atoms with Crippen molar-refractivity contribution < 1.29 is 14.8 Å². The summed E-state index contributed by atoms with van der Waals surface area (Å²) in [6.45, 7) is 1.65. The van der Waals surface area contributed by atoms with Crippen LogP contribution in [0, 0.1) is 17.0 Å². The summed E-state index contributed by atoms with van der Waals surface area (Å²) in [6, 6.07) is 2.70. The van der Waals surface area contributed by atoms with Crippen molar-refractivity contribution in [2.24, 2.45) is 0 Å². The number of halogens is 1. The number of aromatic nitrogens is 2. The first kappa shape index (κ1) is 13.0. The Hall–Kier alpha value is -2.41. The van der Waals surface area contributed by atoms with E-state index in [2.05, 4.69) is 5.10 Å². The lowest BCUT2D eigenvalue weighted by atomic mass is 10.2. The minimum absolute atomic E-state index is 0.0221. The van der Waals surface area contributed by atoms with Gasteiger partial charge in [0.15, 0.2) is 0 Å². The molecule has 2 rings (SSSR count). The van der Waals surface area contributed by atoms with E-state index >= 15 is 0 Å². The van der Waals surface area contributed by atoms with Crippen LogP contribution >= 0.6 is 11.6 Å². The van der Waals surface area contributed by atoms with E-state index in [1.54, 1.807) is 6.92 Å². The number of nitro benzene ring substituents is 1. The maximum absolute atomic E-state index is 10.8.